The van der Waals surface area contributed by atoms with Crippen LogP contribution in [0.2, 0.25) is 0 Å². The molecule has 3 aromatic rings. The summed E-state index contributed by atoms with van der Waals surface area (Å²) < 4.78 is 1.46. The quantitative estimate of drug-likeness (QED) is 0.665. The predicted octanol–water partition coefficient (Wildman–Crippen LogP) is 0.0642. The third-order valence-electron chi connectivity index (χ3n) is 2.28. The zero-order chi connectivity index (χ0) is 11.7. The van der Waals surface area contributed by atoms with E-state index in [1.165, 1.54) is 11.0 Å². The van der Waals surface area contributed by atoms with Crippen LogP contribution in [-0.2, 0) is 6.54 Å². The Morgan fingerprint density at radius 2 is 1.94 bits per heavy atom. The molecule has 2 aromatic heterocycles. The van der Waals surface area contributed by atoms with Gasteiger partial charge in [-0.2, -0.15) is 4.68 Å². The standard InChI is InChI=1S/C10H9N7/c11-5-9-12-6-17(16-9)10-13-7-3-1-2-4-8(7)14-15-10/h1-4,6H,5,11H2. The van der Waals surface area contributed by atoms with E-state index < -0.39 is 0 Å². The van der Waals surface area contributed by atoms with Gasteiger partial charge < -0.3 is 5.73 Å². The van der Waals surface area contributed by atoms with Gasteiger partial charge in [0, 0.05) is 0 Å². The smallest absolute Gasteiger partial charge is 0.272 e. The Bertz CT molecular complexity index is 660. The number of aromatic nitrogens is 6. The molecule has 0 amide bonds. The summed E-state index contributed by atoms with van der Waals surface area (Å²) in [6.07, 6.45) is 1.52. The maximum absolute atomic E-state index is 5.44. The maximum Gasteiger partial charge on any atom is 0.272 e. The maximum atomic E-state index is 5.44. The molecule has 0 fully saturated rings. The molecular formula is C10H9N7. The molecule has 0 aliphatic heterocycles. The average Bonchev–Trinajstić information content (AvgIpc) is 2.87. The van der Waals surface area contributed by atoms with E-state index >= 15 is 0 Å². The van der Waals surface area contributed by atoms with Gasteiger partial charge in [-0.05, 0) is 12.1 Å². The van der Waals surface area contributed by atoms with Crippen LogP contribution < -0.4 is 5.73 Å². The second-order valence-electron chi connectivity index (χ2n) is 3.41. The topological polar surface area (TPSA) is 95.4 Å². The van der Waals surface area contributed by atoms with Crippen molar-refractivity contribution >= 4 is 11.0 Å². The summed E-state index contributed by atoms with van der Waals surface area (Å²) >= 11 is 0. The highest BCUT2D eigenvalue weighted by molar-refractivity contribution is 5.73. The Kier molecular flexibility index (Phi) is 2.23. The number of nitrogens with two attached hydrogens (primary N) is 1. The van der Waals surface area contributed by atoms with E-state index in [1.807, 2.05) is 24.3 Å². The molecule has 0 atom stereocenters. The molecule has 3 rings (SSSR count). The summed E-state index contributed by atoms with van der Waals surface area (Å²) in [4.78, 5) is 8.35. The molecule has 0 radical (unpaired) electrons. The highest BCUT2D eigenvalue weighted by Crippen LogP contribution is 2.08. The first-order valence-electron chi connectivity index (χ1n) is 5.07. The lowest BCUT2D eigenvalue weighted by Gasteiger charge is -1.99. The summed E-state index contributed by atoms with van der Waals surface area (Å²) in [6, 6.07) is 7.51. The zero-order valence-electron chi connectivity index (χ0n) is 8.85. The van der Waals surface area contributed by atoms with Gasteiger partial charge in [0.1, 0.15) is 11.8 Å². The molecule has 1 aromatic carbocycles. The first kappa shape index (κ1) is 9.79. The number of rotatable bonds is 2. The molecule has 0 saturated heterocycles. The van der Waals surface area contributed by atoms with Gasteiger partial charge in [-0.15, -0.1) is 15.3 Å². The van der Waals surface area contributed by atoms with Gasteiger partial charge in [0.25, 0.3) is 5.95 Å². The molecule has 17 heavy (non-hydrogen) atoms. The summed E-state index contributed by atoms with van der Waals surface area (Å²) in [6.45, 7) is 0.286. The number of fused-ring (bicyclic) bond motifs is 1. The van der Waals surface area contributed by atoms with Gasteiger partial charge in [-0.3, -0.25) is 0 Å². The van der Waals surface area contributed by atoms with E-state index in [9.17, 15) is 0 Å². The summed E-state index contributed by atoms with van der Waals surface area (Å²) in [5.74, 6) is 0.928. The Morgan fingerprint density at radius 1 is 1.12 bits per heavy atom. The first-order chi connectivity index (χ1) is 8.36. The number of hydrogen-bond donors (Lipinski definition) is 1. The van der Waals surface area contributed by atoms with Crippen LogP contribution in [-0.4, -0.2) is 29.9 Å². The molecule has 2 N–H and O–H groups in total. The first-order valence-corrected chi connectivity index (χ1v) is 5.07. The van der Waals surface area contributed by atoms with Crippen LogP contribution in [0.5, 0.6) is 0 Å². The van der Waals surface area contributed by atoms with Crippen molar-refractivity contribution < 1.29 is 0 Å². The number of benzene rings is 1. The minimum Gasteiger partial charge on any atom is -0.324 e. The molecule has 0 saturated carbocycles. The van der Waals surface area contributed by atoms with Crippen LogP contribution >= 0.6 is 0 Å². The van der Waals surface area contributed by atoms with E-state index in [0.29, 0.717) is 11.8 Å². The van der Waals surface area contributed by atoms with Gasteiger partial charge in [-0.1, -0.05) is 12.1 Å². The molecule has 0 unspecified atom stereocenters. The SMILES string of the molecule is NCc1ncn(-c2nnc3ccccc3n2)n1. The summed E-state index contributed by atoms with van der Waals surface area (Å²) in [7, 11) is 0. The second-order valence-corrected chi connectivity index (χ2v) is 3.41. The van der Waals surface area contributed by atoms with Crippen molar-refractivity contribution in [2.45, 2.75) is 6.54 Å². The van der Waals surface area contributed by atoms with Crippen LogP contribution in [0.1, 0.15) is 5.82 Å². The van der Waals surface area contributed by atoms with Gasteiger partial charge in [0.15, 0.2) is 5.82 Å². The van der Waals surface area contributed by atoms with E-state index in [2.05, 4.69) is 25.3 Å². The van der Waals surface area contributed by atoms with E-state index in [-0.39, 0.29) is 6.54 Å². The normalized spacial score (nSPS) is 10.9. The van der Waals surface area contributed by atoms with Crippen LogP contribution in [0.15, 0.2) is 30.6 Å². The van der Waals surface area contributed by atoms with Crippen molar-refractivity contribution in [3.63, 3.8) is 0 Å². The predicted molar refractivity (Wildman–Crippen MR) is 60.1 cm³/mol. The minimum absolute atomic E-state index is 0.286. The lowest BCUT2D eigenvalue weighted by atomic mass is 10.3. The number of nitrogens with zero attached hydrogens (tertiary/aromatic N) is 6. The lowest BCUT2D eigenvalue weighted by molar-refractivity contribution is 0.765. The van der Waals surface area contributed by atoms with Gasteiger partial charge in [0.2, 0.25) is 0 Å². The number of hydrogen-bond acceptors (Lipinski definition) is 6. The van der Waals surface area contributed by atoms with Gasteiger partial charge in [0.05, 0.1) is 12.1 Å². The molecule has 7 nitrogen and oxygen atoms in total. The molecule has 0 bridgehead atoms. The fraction of sp³-hybridized carbons (Fsp3) is 0.100. The monoisotopic (exact) mass is 227 g/mol. The minimum atomic E-state index is 0.286. The van der Waals surface area contributed by atoms with Crippen molar-refractivity contribution in [3.8, 4) is 5.95 Å². The number of para-hydroxylation sites is 1. The fourth-order valence-electron chi connectivity index (χ4n) is 1.46. The Balaban J connectivity index is 2.11. The largest absolute Gasteiger partial charge is 0.324 e. The Morgan fingerprint density at radius 3 is 2.71 bits per heavy atom. The van der Waals surface area contributed by atoms with E-state index in [0.717, 1.165) is 11.0 Å². The van der Waals surface area contributed by atoms with Crippen molar-refractivity contribution in [2.75, 3.05) is 0 Å². The third kappa shape index (κ3) is 1.72. The molecule has 84 valence electrons. The van der Waals surface area contributed by atoms with Crippen LogP contribution in [0.3, 0.4) is 0 Å². The highest BCUT2D eigenvalue weighted by Gasteiger charge is 2.05. The lowest BCUT2D eigenvalue weighted by Crippen LogP contribution is -2.05. The molecule has 2 heterocycles. The Labute approximate surface area is 96.3 Å². The Hall–Kier alpha value is -2.41. The van der Waals surface area contributed by atoms with E-state index in [4.69, 9.17) is 5.73 Å². The van der Waals surface area contributed by atoms with Crippen LogP contribution in [0, 0.1) is 0 Å². The van der Waals surface area contributed by atoms with Crippen LogP contribution in [0.4, 0.5) is 0 Å². The molecule has 0 aliphatic carbocycles. The van der Waals surface area contributed by atoms with Crippen molar-refractivity contribution in [2.24, 2.45) is 5.73 Å². The van der Waals surface area contributed by atoms with Crippen molar-refractivity contribution in [1.82, 2.24) is 29.9 Å². The molecular weight excluding hydrogens is 218 g/mol. The van der Waals surface area contributed by atoms with Crippen molar-refractivity contribution in [1.29, 1.82) is 0 Å². The second kappa shape index (κ2) is 3.87. The summed E-state index contributed by atoms with van der Waals surface area (Å²) in [5.41, 5.74) is 6.95. The molecule has 0 aliphatic rings. The summed E-state index contributed by atoms with van der Waals surface area (Å²) in [5, 5.41) is 12.2. The zero-order valence-corrected chi connectivity index (χ0v) is 8.85. The highest BCUT2D eigenvalue weighted by atomic mass is 15.4. The van der Waals surface area contributed by atoms with Gasteiger partial charge >= 0.3 is 0 Å². The third-order valence-corrected chi connectivity index (χ3v) is 2.28. The van der Waals surface area contributed by atoms with E-state index in [1.54, 1.807) is 0 Å². The fourth-order valence-corrected chi connectivity index (χ4v) is 1.46. The molecule has 7 heteroatoms. The van der Waals surface area contributed by atoms with Crippen LogP contribution in [0.25, 0.3) is 17.0 Å². The van der Waals surface area contributed by atoms with Gasteiger partial charge in [-0.25, -0.2) is 9.97 Å². The average molecular weight is 227 g/mol. The molecule has 0 spiro atoms. The van der Waals surface area contributed by atoms with Crippen molar-refractivity contribution in [3.05, 3.63) is 36.4 Å².